The van der Waals surface area contributed by atoms with E-state index in [0.29, 0.717) is 6.03 Å². The quantitative estimate of drug-likeness (QED) is 0.768. The van der Waals surface area contributed by atoms with Crippen LogP contribution in [0.1, 0.15) is 65.7 Å². The van der Waals surface area contributed by atoms with Crippen LogP contribution in [0.25, 0.3) is 0 Å². The van der Waals surface area contributed by atoms with Crippen molar-refractivity contribution in [1.82, 2.24) is 14.7 Å². The summed E-state index contributed by atoms with van der Waals surface area (Å²) in [5.41, 5.74) is 0. The first kappa shape index (κ1) is 19.0. The zero-order chi connectivity index (χ0) is 17.8. The summed E-state index contributed by atoms with van der Waals surface area (Å²) in [5, 5.41) is 0. The van der Waals surface area contributed by atoms with Crippen LogP contribution in [0.4, 0.5) is 4.79 Å². The molecular weight excluding hydrogens is 310 g/mol. The Morgan fingerprint density at radius 1 is 0.840 bits per heavy atom. The minimum atomic E-state index is 0.302. The van der Waals surface area contributed by atoms with Crippen molar-refractivity contribution in [3.8, 4) is 0 Å². The molecule has 0 aromatic heterocycles. The molecule has 0 unspecified atom stereocenters. The molecule has 2 amide bonds. The predicted molar refractivity (Wildman–Crippen MR) is 104 cm³/mol. The lowest BCUT2D eigenvalue weighted by Crippen LogP contribution is -2.56. The lowest BCUT2D eigenvalue weighted by molar-refractivity contribution is 0.0648. The van der Waals surface area contributed by atoms with Crippen LogP contribution in [0.5, 0.6) is 0 Å². The van der Waals surface area contributed by atoms with Gasteiger partial charge in [0, 0.05) is 45.3 Å². The molecule has 1 aliphatic carbocycles. The monoisotopic (exact) mass is 349 g/mol. The van der Waals surface area contributed by atoms with Crippen LogP contribution in [0.15, 0.2) is 0 Å². The van der Waals surface area contributed by atoms with Crippen LogP contribution < -0.4 is 0 Å². The predicted octanol–water partition coefficient (Wildman–Crippen LogP) is 4.06. The summed E-state index contributed by atoms with van der Waals surface area (Å²) in [6, 6.07) is 1.08. The van der Waals surface area contributed by atoms with Crippen molar-refractivity contribution in [1.29, 1.82) is 0 Å². The number of hydrogen-bond acceptors (Lipinski definition) is 2. The molecule has 0 spiro atoms. The lowest BCUT2D eigenvalue weighted by Gasteiger charge is -2.43. The highest BCUT2D eigenvalue weighted by atomic mass is 16.2. The minimum absolute atomic E-state index is 0.302. The van der Waals surface area contributed by atoms with Crippen LogP contribution >= 0.6 is 0 Å². The lowest BCUT2D eigenvalue weighted by atomic mass is 9.84. The highest BCUT2D eigenvalue weighted by Gasteiger charge is 2.32. The largest absolute Gasteiger partial charge is 0.325 e. The van der Waals surface area contributed by atoms with Gasteiger partial charge in [-0.15, -0.1) is 0 Å². The van der Waals surface area contributed by atoms with Crippen molar-refractivity contribution in [3.05, 3.63) is 0 Å². The third-order valence-electron chi connectivity index (χ3n) is 7.25. The van der Waals surface area contributed by atoms with E-state index in [2.05, 4.69) is 35.5 Å². The Morgan fingerprint density at radius 3 is 1.92 bits per heavy atom. The third kappa shape index (κ3) is 4.69. The van der Waals surface area contributed by atoms with Gasteiger partial charge in [-0.05, 0) is 56.3 Å². The van der Waals surface area contributed by atoms with E-state index in [-0.39, 0.29) is 0 Å². The second-order valence-electron chi connectivity index (χ2n) is 8.96. The van der Waals surface area contributed by atoms with Crippen molar-refractivity contribution in [2.24, 2.45) is 17.8 Å². The number of urea groups is 1. The van der Waals surface area contributed by atoms with Crippen molar-refractivity contribution in [2.45, 2.75) is 71.8 Å². The van der Waals surface area contributed by atoms with Crippen LogP contribution in [0, 0.1) is 17.8 Å². The van der Waals surface area contributed by atoms with Crippen LogP contribution in [0.3, 0.4) is 0 Å². The number of piperazine rings is 1. The smallest absolute Gasteiger partial charge is 0.320 e. The van der Waals surface area contributed by atoms with E-state index in [0.717, 1.165) is 63.1 Å². The van der Waals surface area contributed by atoms with Gasteiger partial charge in [0.25, 0.3) is 0 Å². The van der Waals surface area contributed by atoms with E-state index in [1.54, 1.807) is 0 Å². The molecule has 1 saturated carbocycles. The Morgan fingerprint density at radius 2 is 1.40 bits per heavy atom. The normalized spacial score (nSPS) is 30.1. The fourth-order valence-electron chi connectivity index (χ4n) is 5.15. The molecule has 25 heavy (non-hydrogen) atoms. The van der Waals surface area contributed by atoms with Gasteiger partial charge in [-0.1, -0.05) is 27.2 Å². The number of piperidine rings is 1. The Hall–Kier alpha value is -0.770. The molecule has 3 fully saturated rings. The fourth-order valence-corrected chi connectivity index (χ4v) is 5.15. The standard InChI is InChI=1S/C21H39N3O/c1-4-18-5-7-20(8-6-18)22-13-15-24(16-14-22)21(25)23-11-9-19(10-12-23)17(2)3/h17-20H,4-16H2,1-3H3. The molecule has 0 aromatic carbocycles. The van der Waals surface area contributed by atoms with Gasteiger partial charge in [-0.25, -0.2) is 4.79 Å². The topological polar surface area (TPSA) is 26.8 Å². The van der Waals surface area contributed by atoms with E-state index in [1.165, 1.54) is 44.9 Å². The summed E-state index contributed by atoms with van der Waals surface area (Å²) in [5.74, 6) is 2.52. The molecule has 0 radical (unpaired) electrons. The van der Waals surface area contributed by atoms with Crippen molar-refractivity contribution in [3.63, 3.8) is 0 Å². The maximum atomic E-state index is 12.8. The van der Waals surface area contributed by atoms with E-state index >= 15 is 0 Å². The van der Waals surface area contributed by atoms with Crippen molar-refractivity contribution in [2.75, 3.05) is 39.3 Å². The van der Waals surface area contributed by atoms with Gasteiger partial charge < -0.3 is 9.80 Å². The summed E-state index contributed by atoms with van der Waals surface area (Å²) >= 11 is 0. The molecule has 0 aromatic rings. The Balaban J connectivity index is 1.41. The van der Waals surface area contributed by atoms with Crippen LogP contribution in [-0.2, 0) is 0 Å². The molecule has 144 valence electrons. The van der Waals surface area contributed by atoms with E-state index in [9.17, 15) is 4.79 Å². The molecule has 0 bridgehead atoms. The molecule has 2 aliphatic heterocycles. The van der Waals surface area contributed by atoms with Crippen LogP contribution in [-0.4, -0.2) is 66.0 Å². The van der Waals surface area contributed by atoms with Gasteiger partial charge in [-0.3, -0.25) is 4.90 Å². The first-order valence-electron chi connectivity index (χ1n) is 10.9. The van der Waals surface area contributed by atoms with Gasteiger partial charge in [-0.2, -0.15) is 0 Å². The Labute approximate surface area is 154 Å². The summed E-state index contributed by atoms with van der Waals surface area (Å²) in [4.78, 5) is 19.7. The number of carbonyl (C=O) groups excluding carboxylic acids is 1. The van der Waals surface area contributed by atoms with Crippen molar-refractivity contribution >= 4 is 6.03 Å². The Kier molecular flexibility index (Phi) is 6.65. The summed E-state index contributed by atoms with van der Waals surface area (Å²) < 4.78 is 0. The number of hydrogen-bond donors (Lipinski definition) is 0. The fraction of sp³-hybridized carbons (Fsp3) is 0.952. The highest BCUT2D eigenvalue weighted by molar-refractivity contribution is 5.74. The van der Waals surface area contributed by atoms with Gasteiger partial charge in [0.1, 0.15) is 0 Å². The highest BCUT2D eigenvalue weighted by Crippen LogP contribution is 2.30. The van der Waals surface area contributed by atoms with Gasteiger partial charge in [0.05, 0.1) is 0 Å². The summed E-state index contributed by atoms with van der Waals surface area (Å²) in [7, 11) is 0. The molecular formula is C21H39N3O. The molecule has 0 atom stereocenters. The average Bonchev–Trinajstić information content (AvgIpc) is 2.67. The minimum Gasteiger partial charge on any atom is -0.325 e. The zero-order valence-corrected chi connectivity index (χ0v) is 16.8. The first-order chi connectivity index (χ1) is 12.1. The molecule has 3 rings (SSSR count). The van der Waals surface area contributed by atoms with Gasteiger partial charge in [0.15, 0.2) is 0 Å². The molecule has 2 heterocycles. The van der Waals surface area contributed by atoms with Gasteiger partial charge in [0.2, 0.25) is 0 Å². The number of rotatable bonds is 3. The van der Waals surface area contributed by atoms with E-state index in [4.69, 9.17) is 0 Å². The van der Waals surface area contributed by atoms with E-state index < -0.39 is 0 Å². The molecule has 2 saturated heterocycles. The number of carbonyl (C=O) groups is 1. The first-order valence-corrected chi connectivity index (χ1v) is 10.9. The maximum absolute atomic E-state index is 12.8. The maximum Gasteiger partial charge on any atom is 0.320 e. The number of amides is 2. The molecule has 0 N–H and O–H groups in total. The molecule has 3 aliphatic rings. The zero-order valence-electron chi connectivity index (χ0n) is 16.8. The third-order valence-corrected chi connectivity index (χ3v) is 7.25. The molecule has 4 nitrogen and oxygen atoms in total. The Bertz CT molecular complexity index is 415. The second kappa shape index (κ2) is 8.75. The molecule has 4 heteroatoms. The van der Waals surface area contributed by atoms with Crippen molar-refractivity contribution < 1.29 is 4.79 Å². The van der Waals surface area contributed by atoms with Gasteiger partial charge >= 0.3 is 6.03 Å². The average molecular weight is 350 g/mol. The second-order valence-corrected chi connectivity index (χ2v) is 8.96. The van der Waals surface area contributed by atoms with E-state index in [1.807, 2.05) is 0 Å². The summed E-state index contributed by atoms with van der Waals surface area (Å²) in [6.45, 7) is 12.9. The number of nitrogens with zero attached hydrogens (tertiary/aromatic N) is 3. The number of likely N-dealkylation sites (tertiary alicyclic amines) is 1. The summed E-state index contributed by atoms with van der Waals surface area (Å²) in [6.07, 6.45) is 9.27. The van der Waals surface area contributed by atoms with Crippen LogP contribution in [0.2, 0.25) is 0 Å². The SMILES string of the molecule is CCC1CCC(N2CCN(C(=O)N3CCC(C(C)C)CC3)CC2)CC1.